The molecule has 2 aromatic rings. The van der Waals surface area contributed by atoms with Crippen LogP contribution in [0.1, 0.15) is 29.6 Å². The van der Waals surface area contributed by atoms with E-state index in [0.29, 0.717) is 38.2 Å². The van der Waals surface area contributed by atoms with E-state index in [9.17, 15) is 14.4 Å². The highest BCUT2D eigenvalue weighted by Gasteiger charge is 2.49. The number of aryl methyl sites for hydroxylation is 1. The first kappa shape index (κ1) is 17.4. The molecule has 0 N–H and O–H groups in total. The molecule has 8 heteroatoms. The Morgan fingerprint density at radius 2 is 1.74 bits per heavy atom. The Bertz CT molecular complexity index is 932. The molecule has 0 unspecified atom stereocenters. The number of piperidine rings is 1. The molecule has 0 bridgehead atoms. The van der Waals surface area contributed by atoms with E-state index in [1.807, 2.05) is 0 Å². The molecule has 0 radical (unpaired) electrons. The predicted molar refractivity (Wildman–Crippen MR) is 98.3 cm³/mol. The van der Waals surface area contributed by atoms with Gasteiger partial charge in [0, 0.05) is 32.9 Å². The van der Waals surface area contributed by atoms with Gasteiger partial charge in [0.2, 0.25) is 5.91 Å². The quantitative estimate of drug-likeness (QED) is 0.785. The van der Waals surface area contributed by atoms with Gasteiger partial charge in [0.05, 0.1) is 23.5 Å². The van der Waals surface area contributed by atoms with Gasteiger partial charge in [0.1, 0.15) is 11.9 Å². The molecule has 0 aliphatic carbocycles. The van der Waals surface area contributed by atoms with Gasteiger partial charge in [0.25, 0.3) is 11.5 Å². The Balaban J connectivity index is 1.48. The minimum atomic E-state index is -0.436. The standard InChI is InChI=1S/C19H21N5O3/c1-22-7-2-3-15(16(22)25)17(26)23-8-4-19(5-9-23)6-10-24(18(19)27)14-11-20-13-21-12-14/h2-3,7,11-13H,4-6,8-10H2,1H3. The molecule has 0 saturated carbocycles. The molecule has 2 fully saturated rings. The maximum atomic E-state index is 13.0. The zero-order chi connectivity index (χ0) is 19.0. The molecule has 27 heavy (non-hydrogen) atoms. The molecule has 4 heterocycles. The van der Waals surface area contributed by atoms with Crippen molar-refractivity contribution in [3.63, 3.8) is 0 Å². The summed E-state index contributed by atoms with van der Waals surface area (Å²) in [7, 11) is 1.63. The highest BCUT2D eigenvalue weighted by Crippen LogP contribution is 2.43. The van der Waals surface area contributed by atoms with Crippen LogP contribution >= 0.6 is 0 Å². The van der Waals surface area contributed by atoms with Gasteiger partial charge in [0.15, 0.2) is 0 Å². The van der Waals surface area contributed by atoms with E-state index >= 15 is 0 Å². The van der Waals surface area contributed by atoms with E-state index in [2.05, 4.69) is 9.97 Å². The molecule has 0 aromatic carbocycles. The highest BCUT2D eigenvalue weighted by atomic mass is 16.2. The molecule has 4 rings (SSSR count). The third-order valence-electron chi connectivity index (χ3n) is 5.73. The summed E-state index contributed by atoms with van der Waals surface area (Å²) in [6.07, 6.45) is 8.34. The summed E-state index contributed by atoms with van der Waals surface area (Å²) in [4.78, 5) is 49.4. The van der Waals surface area contributed by atoms with Gasteiger partial charge in [-0.3, -0.25) is 14.4 Å². The van der Waals surface area contributed by atoms with Gasteiger partial charge < -0.3 is 14.4 Å². The molecule has 0 atom stereocenters. The van der Waals surface area contributed by atoms with Crippen molar-refractivity contribution in [1.82, 2.24) is 19.4 Å². The van der Waals surface area contributed by atoms with Crippen molar-refractivity contribution in [3.8, 4) is 0 Å². The first-order valence-corrected chi connectivity index (χ1v) is 9.04. The molecule has 8 nitrogen and oxygen atoms in total. The van der Waals surface area contributed by atoms with Gasteiger partial charge in [-0.25, -0.2) is 9.97 Å². The number of hydrogen-bond acceptors (Lipinski definition) is 5. The fourth-order valence-electron chi connectivity index (χ4n) is 4.03. The lowest BCUT2D eigenvalue weighted by molar-refractivity contribution is -0.127. The van der Waals surface area contributed by atoms with Crippen molar-refractivity contribution in [1.29, 1.82) is 0 Å². The largest absolute Gasteiger partial charge is 0.338 e. The Morgan fingerprint density at radius 3 is 2.44 bits per heavy atom. The smallest absolute Gasteiger partial charge is 0.263 e. The van der Waals surface area contributed by atoms with Crippen molar-refractivity contribution in [2.24, 2.45) is 12.5 Å². The number of aromatic nitrogens is 3. The third-order valence-corrected chi connectivity index (χ3v) is 5.73. The second kappa shape index (κ2) is 6.61. The highest BCUT2D eigenvalue weighted by molar-refractivity contribution is 6.00. The van der Waals surface area contributed by atoms with E-state index in [4.69, 9.17) is 0 Å². The zero-order valence-electron chi connectivity index (χ0n) is 15.2. The van der Waals surface area contributed by atoms with Crippen molar-refractivity contribution in [3.05, 3.63) is 53.0 Å². The molecular formula is C19H21N5O3. The molecular weight excluding hydrogens is 346 g/mol. The number of rotatable bonds is 2. The second-order valence-corrected chi connectivity index (χ2v) is 7.21. The molecule has 2 aliphatic rings. The molecule has 140 valence electrons. The lowest BCUT2D eigenvalue weighted by Gasteiger charge is -2.37. The maximum absolute atomic E-state index is 13.0. The molecule has 2 aromatic heterocycles. The van der Waals surface area contributed by atoms with Crippen LogP contribution in [0.25, 0.3) is 0 Å². The predicted octanol–water partition coefficient (Wildman–Crippen LogP) is 0.835. The molecule has 1 spiro atoms. The topological polar surface area (TPSA) is 88.4 Å². The monoisotopic (exact) mass is 367 g/mol. The summed E-state index contributed by atoms with van der Waals surface area (Å²) < 4.78 is 1.40. The van der Waals surface area contributed by atoms with Crippen LogP contribution in [0.4, 0.5) is 5.69 Å². The lowest BCUT2D eigenvalue weighted by atomic mass is 9.77. The number of amides is 2. The van der Waals surface area contributed by atoms with E-state index in [0.717, 1.165) is 6.42 Å². The fourth-order valence-corrected chi connectivity index (χ4v) is 4.03. The summed E-state index contributed by atoms with van der Waals surface area (Å²) in [6.45, 7) is 1.59. The Kier molecular flexibility index (Phi) is 4.25. The van der Waals surface area contributed by atoms with Crippen LogP contribution in [-0.2, 0) is 11.8 Å². The first-order chi connectivity index (χ1) is 13.0. The summed E-state index contributed by atoms with van der Waals surface area (Å²) in [6, 6.07) is 3.26. The van der Waals surface area contributed by atoms with Crippen molar-refractivity contribution in [2.75, 3.05) is 24.5 Å². The van der Waals surface area contributed by atoms with Crippen LogP contribution in [0, 0.1) is 5.41 Å². The van der Waals surface area contributed by atoms with Crippen LogP contribution in [-0.4, -0.2) is 50.9 Å². The number of hydrogen-bond donors (Lipinski definition) is 0. The van der Waals surface area contributed by atoms with Gasteiger partial charge in [-0.2, -0.15) is 0 Å². The minimum absolute atomic E-state index is 0.0834. The Labute approximate surface area is 156 Å². The molecule has 2 saturated heterocycles. The van der Waals surface area contributed by atoms with Crippen molar-refractivity contribution >= 4 is 17.5 Å². The summed E-state index contributed by atoms with van der Waals surface area (Å²) >= 11 is 0. The second-order valence-electron chi connectivity index (χ2n) is 7.21. The Morgan fingerprint density at radius 1 is 1.07 bits per heavy atom. The summed E-state index contributed by atoms with van der Waals surface area (Å²) in [5.74, 6) is -0.176. The summed E-state index contributed by atoms with van der Waals surface area (Å²) in [5, 5.41) is 0. The van der Waals surface area contributed by atoms with Crippen molar-refractivity contribution in [2.45, 2.75) is 19.3 Å². The van der Waals surface area contributed by atoms with E-state index in [1.54, 1.807) is 47.6 Å². The van der Waals surface area contributed by atoms with Crippen LogP contribution < -0.4 is 10.5 Å². The van der Waals surface area contributed by atoms with E-state index in [1.165, 1.54) is 10.9 Å². The van der Waals surface area contributed by atoms with Crippen LogP contribution in [0.5, 0.6) is 0 Å². The molecule has 2 amide bonds. The Hall–Kier alpha value is -3.03. The maximum Gasteiger partial charge on any atom is 0.263 e. The number of likely N-dealkylation sites (tertiary alicyclic amines) is 1. The minimum Gasteiger partial charge on any atom is -0.338 e. The summed E-state index contributed by atoms with van der Waals surface area (Å²) in [5.41, 5.74) is 0.159. The van der Waals surface area contributed by atoms with E-state index in [-0.39, 0.29) is 22.9 Å². The van der Waals surface area contributed by atoms with Crippen molar-refractivity contribution < 1.29 is 9.59 Å². The number of carbonyl (C=O) groups excluding carboxylic acids is 2. The SMILES string of the molecule is Cn1cccc(C(=O)N2CCC3(CC2)CCN(c2cncnc2)C3=O)c1=O. The van der Waals surface area contributed by atoms with Crippen LogP contribution in [0.3, 0.4) is 0 Å². The zero-order valence-corrected chi connectivity index (χ0v) is 15.2. The van der Waals surface area contributed by atoms with Crippen LogP contribution in [0.2, 0.25) is 0 Å². The lowest BCUT2D eigenvalue weighted by Crippen LogP contribution is -2.47. The van der Waals surface area contributed by atoms with Gasteiger partial charge in [-0.05, 0) is 31.4 Å². The normalized spacial score (nSPS) is 18.9. The average molecular weight is 367 g/mol. The average Bonchev–Trinajstić information content (AvgIpc) is 3.01. The number of carbonyl (C=O) groups is 2. The number of pyridine rings is 1. The number of anilines is 1. The van der Waals surface area contributed by atoms with Gasteiger partial charge >= 0.3 is 0 Å². The van der Waals surface area contributed by atoms with Gasteiger partial charge in [-0.1, -0.05) is 0 Å². The van der Waals surface area contributed by atoms with Crippen LogP contribution in [0.15, 0.2) is 41.8 Å². The van der Waals surface area contributed by atoms with E-state index < -0.39 is 5.41 Å². The number of nitrogens with zero attached hydrogens (tertiary/aromatic N) is 5. The molecule has 2 aliphatic heterocycles. The first-order valence-electron chi connectivity index (χ1n) is 9.04. The van der Waals surface area contributed by atoms with Gasteiger partial charge in [-0.15, -0.1) is 0 Å². The fraction of sp³-hybridized carbons (Fsp3) is 0.421. The third kappa shape index (κ3) is 2.90.